The Morgan fingerprint density at radius 2 is 1.57 bits per heavy atom. The van der Waals surface area contributed by atoms with Crippen LogP contribution in [0.3, 0.4) is 0 Å². The van der Waals surface area contributed by atoms with Crippen LogP contribution in [0, 0.1) is 0 Å². The number of carbonyl (C=O) groups is 4. The molecule has 1 aliphatic rings. The first-order valence-corrected chi connectivity index (χ1v) is 15.9. The quantitative estimate of drug-likeness (QED) is 0.165. The SMILES string of the molecule is CC(C)(C)OC(=O)Nc1ccc(C(=O)NCCCCC(NC(=O)COCCOCCN)C(=O)NC2CCCCCCC2)cc1. The van der Waals surface area contributed by atoms with E-state index in [1.54, 1.807) is 45.0 Å². The highest BCUT2D eigenvalue weighted by atomic mass is 16.6. The Morgan fingerprint density at radius 1 is 0.909 bits per heavy atom. The van der Waals surface area contributed by atoms with Gasteiger partial charge in [-0.1, -0.05) is 32.1 Å². The smallest absolute Gasteiger partial charge is 0.412 e. The van der Waals surface area contributed by atoms with Crippen molar-refractivity contribution in [1.82, 2.24) is 16.0 Å². The van der Waals surface area contributed by atoms with Gasteiger partial charge in [0.05, 0.1) is 19.8 Å². The minimum atomic E-state index is -0.689. The minimum absolute atomic E-state index is 0.114. The minimum Gasteiger partial charge on any atom is -0.444 e. The molecule has 1 saturated carbocycles. The van der Waals surface area contributed by atoms with Gasteiger partial charge in [0.15, 0.2) is 0 Å². The van der Waals surface area contributed by atoms with Crippen LogP contribution in [0.15, 0.2) is 24.3 Å². The molecule has 1 aromatic carbocycles. The van der Waals surface area contributed by atoms with Gasteiger partial charge in [-0.15, -0.1) is 0 Å². The predicted molar refractivity (Wildman–Crippen MR) is 169 cm³/mol. The van der Waals surface area contributed by atoms with Gasteiger partial charge in [-0.25, -0.2) is 4.79 Å². The van der Waals surface area contributed by atoms with Crippen LogP contribution in [0.4, 0.5) is 10.5 Å². The molecule has 1 unspecified atom stereocenters. The van der Waals surface area contributed by atoms with E-state index in [-0.39, 0.29) is 37.0 Å². The number of carbonyl (C=O) groups excluding carboxylic acids is 4. The van der Waals surface area contributed by atoms with Crippen molar-refractivity contribution in [3.63, 3.8) is 0 Å². The Balaban J connectivity index is 1.81. The third-order valence-corrected chi connectivity index (χ3v) is 6.97. The summed E-state index contributed by atoms with van der Waals surface area (Å²) in [6, 6.07) is 5.95. The molecule has 6 N–H and O–H groups in total. The lowest BCUT2D eigenvalue weighted by Crippen LogP contribution is -2.50. The Labute approximate surface area is 261 Å². The highest BCUT2D eigenvalue weighted by Gasteiger charge is 2.23. The second kappa shape index (κ2) is 20.7. The number of anilines is 1. The molecule has 1 atom stereocenters. The topological polar surface area (TPSA) is 170 Å². The number of nitrogens with two attached hydrogens (primary N) is 1. The zero-order chi connectivity index (χ0) is 32.2. The molecule has 0 aliphatic heterocycles. The maximum atomic E-state index is 13.2. The molecule has 248 valence electrons. The highest BCUT2D eigenvalue weighted by Crippen LogP contribution is 2.18. The van der Waals surface area contributed by atoms with Gasteiger partial charge in [-0.05, 0) is 77.1 Å². The average Bonchev–Trinajstić information content (AvgIpc) is 2.94. The van der Waals surface area contributed by atoms with Crippen LogP contribution in [0.25, 0.3) is 0 Å². The molecular formula is C32H53N5O7. The van der Waals surface area contributed by atoms with E-state index in [2.05, 4.69) is 21.3 Å². The van der Waals surface area contributed by atoms with Gasteiger partial charge in [0.2, 0.25) is 11.8 Å². The van der Waals surface area contributed by atoms with Crippen LogP contribution in [-0.4, -0.2) is 81.0 Å². The summed E-state index contributed by atoms with van der Waals surface area (Å²) in [7, 11) is 0. The number of benzene rings is 1. The largest absolute Gasteiger partial charge is 0.444 e. The maximum absolute atomic E-state index is 13.2. The number of unbranched alkanes of at least 4 members (excludes halogenated alkanes) is 1. The summed E-state index contributed by atoms with van der Waals surface area (Å²) in [5, 5.41) is 11.5. The number of amides is 4. The molecule has 2 rings (SSSR count). The van der Waals surface area contributed by atoms with Crippen molar-refractivity contribution in [2.24, 2.45) is 5.73 Å². The molecule has 0 bridgehead atoms. The summed E-state index contributed by atoms with van der Waals surface area (Å²) in [4.78, 5) is 50.3. The molecule has 0 spiro atoms. The fraction of sp³-hybridized carbons (Fsp3) is 0.688. The Bertz CT molecular complexity index is 1010. The molecule has 0 saturated heterocycles. The van der Waals surface area contributed by atoms with E-state index >= 15 is 0 Å². The number of rotatable bonds is 17. The first-order valence-electron chi connectivity index (χ1n) is 15.9. The molecule has 1 fully saturated rings. The number of hydrogen-bond acceptors (Lipinski definition) is 8. The standard InChI is InChI=1S/C32H53N5O7/c1-32(2,3)44-31(41)36-26-16-14-24(15-17-26)29(39)34-19-10-9-13-27(37-28(38)23-43-22-21-42-20-18-33)30(40)35-25-11-7-5-4-6-8-12-25/h14-17,25,27H,4-13,18-23,33H2,1-3H3,(H,34,39)(H,35,40)(H,36,41)(H,37,38). The van der Waals surface area contributed by atoms with Crippen LogP contribution in [0.5, 0.6) is 0 Å². The lowest BCUT2D eigenvalue weighted by Gasteiger charge is -2.25. The van der Waals surface area contributed by atoms with E-state index in [0.717, 1.165) is 25.7 Å². The third-order valence-electron chi connectivity index (χ3n) is 6.97. The molecule has 0 radical (unpaired) electrons. The normalized spacial score (nSPS) is 14.9. The molecule has 1 aliphatic carbocycles. The molecule has 12 heteroatoms. The first-order chi connectivity index (χ1) is 21.1. The van der Waals surface area contributed by atoms with E-state index in [0.29, 0.717) is 56.8 Å². The summed E-state index contributed by atoms with van der Waals surface area (Å²) in [6.07, 6.45) is 8.78. The Morgan fingerprint density at radius 3 is 2.23 bits per heavy atom. The van der Waals surface area contributed by atoms with Crippen LogP contribution in [0.1, 0.15) is 95.3 Å². The van der Waals surface area contributed by atoms with Crippen molar-refractivity contribution in [3.8, 4) is 0 Å². The van der Waals surface area contributed by atoms with Gasteiger partial charge in [-0.2, -0.15) is 0 Å². The monoisotopic (exact) mass is 619 g/mol. The zero-order valence-electron chi connectivity index (χ0n) is 26.7. The van der Waals surface area contributed by atoms with E-state index in [4.69, 9.17) is 19.9 Å². The number of ether oxygens (including phenoxy) is 3. The second-order valence-corrected chi connectivity index (χ2v) is 12.1. The number of nitrogens with one attached hydrogen (secondary N) is 4. The van der Waals surface area contributed by atoms with Crippen molar-refractivity contribution in [2.75, 3.05) is 44.8 Å². The summed E-state index contributed by atoms with van der Waals surface area (Å²) in [5.74, 6) is -0.785. The Kier molecular flexibility index (Phi) is 17.4. The van der Waals surface area contributed by atoms with Gasteiger partial charge in [0, 0.05) is 30.4 Å². The molecule has 12 nitrogen and oxygen atoms in total. The van der Waals surface area contributed by atoms with Crippen LogP contribution in [0.2, 0.25) is 0 Å². The second-order valence-electron chi connectivity index (χ2n) is 12.1. The van der Waals surface area contributed by atoms with E-state index < -0.39 is 17.7 Å². The molecule has 0 heterocycles. The summed E-state index contributed by atoms with van der Waals surface area (Å²) < 4.78 is 15.9. The fourth-order valence-corrected chi connectivity index (χ4v) is 4.78. The van der Waals surface area contributed by atoms with E-state index in [9.17, 15) is 19.2 Å². The van der Waals surface area contributed by atoms with Crippen molar-refractivity contribution >= 4 is 29.5 Å². The fourth-order valence-electron chi connectivity index (χ4n) is 4.78. The van der Waals surface area contributed by atoms with Crippen molar-refractivity contribution in [1.29, 1.82) is 0 Å². The molecular weight excluding hydrogens is 566 g/mol. The van der Waals surface area contributed by atoms with Crippen LogP contribution >= 0.6 is 0 Å². The summed E-state index contributed by atoms with van der Waals surface area (Å²) in [5.41, 5.74) is 5.75. The van der Waals surface area contributed by atoms with Gasteiger partial charge in [-0.3, -0.25) is 19.7 Å². The van der Waals surface area contributed by atoms with Crippen molar-refractivity contribution in [2.45, 2.75) is 103 Å². The van der Waals surface area contributed by atoms with Crippen LogP contribution in [-0.2, 0) is 23.8 Å². The molecule has 0 aromatic heterocycles. The average molecular weight is 620 g/mol. The molecule has 1 aromatic rings. The zero-order valence-corrected chi connectivity index (χ0v) is 26.7. The summed E-state index contributed by atoms with van der Waals surface area (Å²) in [6.45, 7) is 7.04. The first kappa shape index (κ1) is 37.0. The van der Waals surface area contributed by atoms with Crippen molar-refractivity contribution in [3.05, 3.63) is 29.8 Å². The molecule has 4 amide bonds. The molecule has 44 heavy (non-hydrogen) atoms. The predicted octanol–water partition coefficient (Wildman–Crippen LogP) is 3.64. The summed E-state index contributed by atoms with van der Waals surface area (Å²) >= 11 is 0. The maximum Gasteiger partial charge on any atom is 0.412 e. The lowest BCUT2D eigenvalue weighted by molar-refractivity contribution is -0.132. The van der Waals surface area contributed by atoms with Gasteiger partial charge in [0.25, 0.3) is 5.91 Å². The third kappa shape index (κ3) is 16.6. The lowest BCUT2D eigenvalue weighted by atomic mass is 9.96. The van der Waals surface area contributed by atoms with Crippen LogP contribution < -0.4 is 27.0 Å². The van der Waals surface area contributed by atoms with Gasteiger partial charge in [0.1, 0.15) is 18.2 Å². The van der Waals surface area contributed by atoms with Crippen molar-refractivity contribution < 1.29 is 33.4 Å². The van der Waals surface area contributed by atoms with Gasteiger partial charge < -0.3 is 35.9 Å². The van der Waals surface area contributed by atoms with E-state index in [1.165, 1.54) is 19.3 Å². The van der Waals surface area contributed by atoms with E-state index in [1.807, 2.05) is 0 Å². The Hall–Kier alpha value is -3.22. The number of hydrogen-bond donors (Lipinski definition) is 5. The highest BCUT2D eigenvalue weighted by molar-refractivity contribution is 5.95. The van der Waals surface area contributed by atoms with Gasteiger partial charge >= 0.3 is 6.09 Å².